The lowest BCUT2D eigenvalue weighted by atomic mass is 10.4. The Morgan fingerprint density at radius 1 is 1.38 bits per heavy atom. The smallest absolute Gasteiger partial charge is 0.271 e. The maximum absolute atomic E-state index is 11.6. The summed E-state index contributed by atoms with van der Waals surface area (Å²) in [6.07, 6.45) is 4.47. The summed E-state index contributed by atoms with van der Waals surface area (Å²) in [7, 11) is 0. The lowest BCUT2D eigenvalue weighted by Crippen LogP contribution is -2.23. The van der Waals surface area contributed by atoms with Crippen LogP contribution in [0.3, 0.4) is 0 Å². The number of aromatic nitrogens is 3. The van der Waals surface area contributed by atoms with E-state index < -0.39 is 0 Å². The molecule has 0 radical (unpaired) electrons. The zero-order valence-corrected chi connectivity index (χ0v) is 9.07. The largest absolute Gasteiger partial charge is 0.382 e. The van der Waals surface area contributed by atoms with Gasteiger partial charge in [0.1, 0.15) is 11.5 Å². The molecule has 3 N–H and O–H groups in total. The Balaban J connectivity index is 1.98. The van der Waals surface area contributed by atoms with Crippen molar-refractivity contribution in [1.82, 2.24) is 20.3 Å². The summed E-state index contributed by atoms with van der Waals surface area (Å²) in [5.74, 6) is -0.0707. The second-order valence-electron chi connectivity index (χ2n) is 2.98. The fourth-order valence-corrected chi connectivity index (χ4v) is 1.61. The fourth-order valence-electron chi connectivity index (χ4n) is 1.08. The SMILES string of the molecule is Nc1cncc(C(=O)NCc2cncs2)n1. The summed E-state index contributed by atoms with van der Waals surface area (Å²) < 4.78 is 0. The Morgan fingerprint density at radius 3 is 2.94 bits per heavy atom. The van der Waals surface area contributed by atoms with Gasteiger partial charge in [0.25, 0.3) is 5.91 Å². The molecule has 2 rings (SSSR count). The first-order valence-electron chi connectivity index (χ1n) is 4.49. The monoisotopic (exact) mass is 235 g/mol. The zero-order valence-electron chi connectivity index (χ0n) is 8.25. The molecule has 0 unspecified atom stereocenters. The third-order valence-electron chi connectivity index (χ3n) is 1.79. The molecule has 0 atom stereocenters. The highest BCUT2D eigenvalue weighted by Gasteiger charge is 2.07. The van der Waals surface area contributed by atoms with Crippen molar-refractivity contribution in [3.05, 3.63) is 34.7 Å². The summed E-state index contributed by atoms with van der Waals surface area (Å²) in [5.41, 5.74) is 7.35. The molecule has 0 saturated carbocycles. The maximum Gasteiger partial charge on any atom is 0.271 e. The van der Waals surface area contributed by atoms with Gasteiger partial charge in [-0.1, -0.05) is 0 Å². The molecule has 0 saturated heterocycles. The molecule has 2 aromatic heterocycles. The van der Waals surface area contributed by atoms with Gasteiger partial charge in [0.15, 0.2) is 0 Å². The zero-order chi connectivity index (χ0) is 11.4. The molecule has 0 aliphatic heterocycles. The van der Waals surface area contributed by atoms with E-state index in [0.29, 0.717) is 6.54 Å². The number of nitrogens with one attached hydrogen (secondary N) is 1. The Morgan fingerprint density at radius 2 is 2.25 bits per heavy atom. The summed E-state index contributed by atoms with van der Waals surface area (Å²) in [6, 6.07) is 0. The number of hydrogen-bond acceptors (Lipinski definition) is 6. The molecule has 0 spiro atoms. The second-order valence-corrected chi connectivity index (χ2v) is 3.95. The number of carbonyl (C=O) groups excluding carboxylic acids is 1. The van der Waals surface area contributed by atoms with Crippen LogP contribution in [0, 0.1) is 0 Å². The van der Waals surface area contributed by atoms with Gasteiger partial charge in [0, 0.05) is 11.1 Å². The Labute approximate surface area is 95.6 Å². The van der Waals surface area contributed by atoms with Crippen LogP contribution in [0.15, 0.2) is 24.1 Å². The van der Waals surface area contributed by atoms with Crippen LogP contribution in [0.1, 0.15) is 15.4 Å². The summed E-state index contributed by atoms with van der Waals surface area (Å²) in [6.45, 7) is 0.431. The predicted molar refractivity (Wildman–Crippen MR) is 59.7 cm³/mol. The molecule has 2 heterocycles. The highest BCUT2D eigenvalue weighted by Crippen LogP contribution is 2.05. The number of hydrogen-bond donors (Lipinski definition) is 2. The standard InChI is InChI=1S/C9H9N5OS/c10-8-4-11-3-7(14-8)9(15)13-2-6-1-12-5-16-6/h1,3-5H,2H2,(H2,10,14)(H,13,15). The van der Waals surface area contributed by atoms with E-state index in [9.17, 15) is 4.79 Å². The van der Waals surface area contributed by atoms with Crippen LogP contribution in [-0.4, -0.2) is 20.9 Å². The number of amides is 1. The average Bonchev–Trinajstić information content (AvgIpc) is 2.78. The van der Waals surface area contributed by atoms with E-state index in [0.717, 1.165) is 4.88 Å². The van der Waals surface area contributed by atoms with Gasteiger partial charge in [0.2, 0.25) is 0 Å². The number of nitrogens with zero attached hydrogens (tertiary/aromatic N) is 3. The molecule has 6 nitrogen and oxygen atoms in total. The molecule has 2 aromatic rings. The quantitative estimate of drug-likeness (QED) is 0.805. The highest BCUT2D eigenvalue weighted by atomic mass is 32.1. The Hall–Kier alpha value is -2.02. The van der Waals surface area contributed by atoms with Crippen molar-refractivity contribution >= 4 is 23.1 Å². The minimum atomic E-state index is -0.298. The van der Waals surface area contributed by atoms with E-state index in [4.69, 9.17) is 5.73 Å². The normalized spacial score (nSPS) is 10.0. The summed E-state index contributed by atoms with van der Waals surface area (Å²) >= 11 is 1.48. The molecule has 0 bridgehead atoms. The number of nitrogen functional groups attached to an aromatic ring is 1. The second kappa shape index (κ2) is 4.67. The predicted octanol–water partition coefficient (Wildman–Crippen LogP) is 0.445. The Kier molecular flexibility index (Phi) is 3.06. The van der Waals surface area contributed by atoms with Gasteiger partial charge >= 0.3 is 0 Å². The van der Waals surface area contributed by atoms with Crippen LogP contribution in [0.25, 0.3) is 0 Å². The Bertz CT molecular complexity index is 484. The van der Waals surface area contributed by atoms with E-state index >= 15 is 0 Å². The van der Waals surface area contributed by atoms with Crippen molar-refractivity contribution in [3.63, 3.8) is 0 Å². The van der Waals surface area contributed by atoms with Gasteiger partial charge in [-0.15, -0.1) is 11.3 Å². The van der Waals surface area contributed by atoms with Crippen molar-refractivity contribution < 1.29 is 4.79 Å². The average molecular weight is 235 g/mol. The number of rotatable bonds is 3. The molecule has 1 amide bonds. The lowest BCUT2D eigenvalue weighted by molar-refractivity contribution is 0.0946. The van der Waals surface area contributed by atoms with E-state index in [1.54, 1.807) is 11.7 Å². The van der Waals surface area contributed by atoms with Gasteiger partial charge in [-0.25, -0.2) is 4.98 Å². The van der Waals surface area contributed by atoms with Gasteiger partial charge in [-0.05, 0) is 0 Å². The molecule has 0 aromatic carbocycles. The molecule has 16 heavy (non-hydrogen) atoms. The van der Waals surface area contributed by atoms with Crippen molar-refractivity contribution in [3.8, 4) is 0 Å². The van der Waals surface area contributed by atoms with Crippen molar-refractivity contribution in [2.45, 2.75) is 6.54 Å². The molecule has 0 aliphatic carbocycles. The minimum absolute atomic E-state index is 0.213. The van der Waals surface area contributed by atoms with Crippen LogP contribution >= 0.6 is 11.3 Å². The highest BCUT2D eigenvalue weighted by molar-refractivity contribution is 7.09. The number of nitrogens with two attached hydrogens (primary N) is 1. The van der Waals surface area contributed by atoms with Gasteiger partial charge < -0.3 is 11.1 Å². The van der Waals surface area contributed by atoms with Crippen LogP contribution in [-0.2, 0) is 6.54 Å². The molecular formula is C9H9N5OS. The molecule has 7 heteroatoms. The van der Waals surface area contributed by atoms with Gasteiger partial charge in [-0.2, -0.15) is 0 Å². The van der Waals surface area contributed by atoms with Crippen molar-refractivity contribution in [2.75, 3.05) is 5.73 Å². The minimum Gasteiger partial charge on any atom is -0.382 e. The molecule has 0 aliphatic rings. The lowest BCUT2D eigenvalue weighted by Gasteiger charge is -2.02. The molecule has 82 valence electrons. The third kappa shape index (κ3) is 2.51. The number of carbonyl (C=O) groups is 1. The van der Waals surface area contributed by atoms with E-state index in [1.807, 2.05) is 0 Å². The van der Waals surface area contributed by atoms with Crippen LogP contribution in [0.5, 0.6) is 0 Å². The first kappa shape index (κ1) is 10.5. The van der Waals surface area contributed by atoms with Crippen molar-refractivity contribution in [1.29, 1.82) is 0 Å². The van der Waals surface area contributed by atoms with Gasteiger partial charge in [-0.3, -0.25) is 14.8 Å². The van der Waals surface area contributed by atoms with E-state index in [2.05, 4.69) is 20.3 Å². The third-order valence-corrected chi connectivity index (χ3v) is 2.57. The fraction of sp³-hybridized carbons (Fsp3) is 0.111. The molecular weight excluding hydrogens is 226 g/mol. The summed E-state index contributed by atoms with van der Waals surface area (Å²) in [4.78, 5) is 24.1. The van der Waals surface area contributed by atoms with Crippen LogP contribution in [0.2, 0.25) is 0 Å². The van der Waals surface area contributed by atoms with Gasteiger partial charge in [0.05, 0.1) is 24.4 Å². The van der Waals surface area contributed by atoms with E-state index in [-0.39, 0.29) is 17.4 Å². The molecule has 0 fully saturated rings. The van der Waals surface area contributed by atoms with Crippen molar-refractivity contribution in [2.24, 2.45) is 0 Å². The first-order chi connectivity index (χ1) is 7.75. The number of thiazole rings is 1. The van der Waals surface area contributed by atoms with Crippen LogP contribution in [0.4, 0.5) is 5.82 Å². The topological polar surface area (TPSA) is 93.8 Å². The first-order valence-corrected chi connectivity index (χ1v) is 5.37. The summed E-state index contributed by atoms with van der Waals surface area (Å²) in [5, 5.41) is 2.70. The van der Waals surface area contributed by atoms with Crippen LogP contribution < -0.4 is 11.1 Å². The maximum atomic E-state index is 11.6. The number of anilines is 1. The van der Waals surface area contributed by atoms with E-state index in [1.165, 1.54) is 23.7 Å².